The van der Waals surface area contributed by atoms with Gasteiger partial charge in [-0.15, -0.1) is 11.3 Å². The van der Waals surface area contributed by atoms with Crippen molar-refractivity contribution in [2.75, 3.05) is 25.6 Å². The van der Waals surface area contributed by atoms with Crippen molar-refractivity contribution in [2.45, 2.75) is 12.1 Å². The second-order valence-corrected chi connectivity index (χ2v) is 8.34. The van der Waals surface area contributed by atoms with E-state index < -0.39 is 39.4 Å². The second-order valence-electron chi connectivity index (χ2n) is 5.17. The summed E-state index contributed by atoms with van der Waals surface area (Å²) in [6.07, 6.45) is 0. The number of β-lactam (4-membered cyclic amide) rings is 1. The van der Waals surface area contributed by atoms with E-state index in [0.29, 0.717) is 11.8 Å². The summed E-state index contributed by atoms with van der Waals surface area (Å²) < 4.78 is 32.2. The zero-order valence-corrected chi connectivity index (χ0v) is 16.9. The molecule has 3 amide bonds. The molecule has 1 fully saturated rings. The Hall–Kier alpha value is -2.43. The summed E-state index contributed by atoms with van der Waals surface area (Å²) in [6, 6.07) is -2.50. The zero-order chi connectivity index (χ0) is 21.1. The van der Waals surface area contributed by atoms with Gasteiger partial charge in [-0.1, -0.05) is 16.9 Å². The van der Waals surface area contributed by atoms with Gasteiger partial charge in [0.05, 0.1) is 6.04 Å². The summed E-state index contributed by atoms with van der Waals surface area (Å²) in [5.74, 6) is -2.14. The zero-order valence-electron chi connectivity index (χ0n) is 14.5. The van der Waals surface area contributed by atoms with Crippen molar-refractivity contribution in [1.82, 2.24) is 19.9 Å². The number of nitrogens with two attached hydrogens (primary N) is 1. The third-order valence-electron chi connectivity index (χ3n) is 3.46. The van der Waals surface area contributed by atoms with Gasteiger partial charge in [-0.2, -0.15) is 8.42 Å². The van der Waals surface area contributed by atoms with E-state index in [0.717, 1.165) is 11.3 Å². The number of nitrogens with zero attached hydrogens (tertiary/aromatic N) is 3. The molecule has 0 aromatic carbocycles. The molecule has 2 atom stereocenters. The van der Waals surface area contributed by atoms with Crippen molar-refractivity contribution in [2.24, 2.45) is 5.16 Å². The second kappa shape index (κ2) is 8.72. The van der Waals surface area contributed by atoms with Crippen LogP contribution in [-0.2, 0) is 24.7 Å². The summed E-state index contributed by atoms with van der Waals surface area (Å²) in [5.41, 5.74) is 5.33. The first kappa shape index (κ1) is 21.9. The van der Waals surface area contributed by atoms with Gasteiger partial charge in [0.2, 0.25) is 0 Å². The number of oxime groups is 1. The quantitative estimate of drug-likeness (QED) is 0.166. The number of anilines is 1. The Balaban J connectivity index is 2.21. The van der Waals surface area contributed by atoms with E-state index in [1.54, 1.807) is 0 Å². The summed E-state index contributed by atoms with van der Waals surface area (Å²) in [5, 5.41) is 9.31. The lowest BCUT2D eigenvalue weighted by Gasteiger charge is -2.43. The largest absolute Gasteiger partial charge is 0.398 e. The number of aromatic nitrogens is 1. The van der Waals surface area contributed by atoms with Gasteiger partial charge in [-0.25, -0.2) is 9.29 Å². The number of thioether (sulfide) groups is 1. The first-order valence-electron chi connectivity index (χ1n) is 7.38. The topological polar surface area (TPSA) is 193 Å². The molecule has 0 unspecified atom stereocenters. The van der Waals surface area contributed by atoms with Crippen molar-refractivity contribution in [3.05, 3.63) is 11.1 Å². The molecule has 0 aliphatic carbocycles. The molecular weight excluding hydrogens is 436 g/mol. The Labute approximate surface area is 167 Å². The van der Waals surface area contributed by atoms with Gasteiger partial charge in [0, 0.05) is 18.2 Å². The molecule has 1 aliphatic rings. The van der Waals surface area contributed by atoms with Crippen LogP contribution >= 0.6 is 23.1 Å². The molecule has 2 heterocycles. The monoisotopic (exact) mass is 452 g/mol. The van der Waals surface area contributed by atoms with Gasteiger partial charge in [0.1, 0.15) is 18.8 Å². The van der Waals surface area contributed by atoms with Gasteiger partial charge in [0.15, 0.2) is 10.8 Å². The van der Waals surface area contributed by atoms with E-state index in [-0.39, 0.29) is 26.6 Å². The van der Waals surface area contributed by atoms with Gasteiger partial charge in [0.25, 0.3) is 17.1 Å². The number of carbonyl (C=O) groups is 3. The highest BCUT2D eigenvalue weighted by Crippen LogP contribution is 2.27. The van der Waals surface area contributed by atoms with Crippen LogP contribution < -0.4 is 16.4 Å². The van der Waals surface area contributed by atoms with Crippen molar-refractivity contribution in [1.29, 1.82) is 0 Å². The van der Waals surface area contributed by atoms with Crippen molar-refractivity contribution in [3.8, 4) is 0 Å². The van der Waals surface area contributed by atoms with E-state index in [4.69, 9.17) is 5.73 Å². The predicted molar refractivity (Wildman–Crippen MR) is 101 cm³/mol. The normalized spacial score (nSPS) is 19.8. The molecule has 1 aromatic heterocycles. The van der Waals surface area contributed by atoms with E-state index in [1.807, 2.05) is 0 Å². The van der Waals surface area contributed by atoms with Gasteiger partial charge < -0.3 is 21.2 Å². The standard InChI is InChI=1S/C12H16N6O7S3/c1-14-12(21)27-4-6-8(10(20)18(6)28(22,23)24)16-9(19)7(17-25-2)5-3-26-11(13)15-5/h3,6,8H,4H2,1-2H3,(H2,13,15)(H,14,21)(H,16,19)(H,22,23,24)/b17-7+/t6-,8+/m1/s1. The summed E-state index contributed by atoms with van der Waals surface area (Å²) in [6.45, 7) is 0. The smallest absolute Gasteiger partial charge is 0.362 e. The van der Waals surface area contributed by atoms with E-state index in [9.17, 15) is 27.4 Å². The van der Waals surface area contributed by atoms with Crippen LogP contribution in [0.3, 0.4) is 0 Å². The van der Waals surface area contributed by atoms with Crippen LogP contribution in [0.2, 0.25) is 0 Å². The SMILES string of the molecule is CNC(=O)SC[C@@H]1[C@H](NC(=O)/C(=N/OC)c2csc(N)n2)C(=O)N1S(=O)(=O)O. The molecule has 13 nitrogen and oxygen atoms in total. The van der Waals surface area contributed by atoms with E-state index in [1.165, 1.54) is 19.5 Å². The van der Waals surface area contributed by atoms with Crippen LogP contribution in [-0.4, -0.2) is 77.0 Å². The van der Waals surface area contributed by atoms with Gasteiger partial charge >= 0.3 is 10.3 Å². The molecule has 1 aromatic rings. The van der Waals surface area contributed by atoms with E-state index in [2.05, 4.69) is 25.6 Å². The van der Waals surface area contributed by atoms with Crippen molar-refractivity contribution < 1.29 is 32.2 Å². The maximum atomic E-state index is 12.5. The Bertz CT molecular complexity index is 915. The number of hydrogen-bond donors (Lipinski definition) is 4. The average Bonchev–Trinajstić information content (AvgIpc) is 3.04. The Morgan fingerprint density at radius 1 is 1.54 bits per heavy atom. The lowest BCUT2D eigenvalue weighted by molar-refractivity contribution is -0.143. The highest BCUT2D eigenvalue weighted by atomic mass is 32.2. The molecular formula is C12H16N6O7S3. The first-order chi connectivity index (χ1) is 13.1. The molecule has 16 heteroatoms. The molecule has 5 N–H and O–H groups in total. The van der Waals surface area contributed by atoms with Crippen molar-refractivity contribution >= 4 is 61.3 Å². The molecule has 1 aliphatic heterocycles. The number of nitrogens with one attached hydrogen (secondary N) is 2. The average molecular weight is 452 g/mol. The van der Waals surface area contributed by atoms with E-state index >= 15 is 0 Å². The number of thiazole rings is 1. The predicted octanol–water partition coefficient (Wildman–Crippen LogP) is -1.35. The first-order valence-corrected chi connectivity index (χ1v) is 10.6. The van der Waals surface area contributed by atoms with Crippen molar-refractivity contribution in [3.63, 3.8) is 0 Å². The molecule has 1 saturated heterocycles. The fourth-order valence-electron chi connectivity index (χ4n) is 2.26. The Morgan fingerprint density at radius 2 is 2.21 bits per heavy atom. The number of amides is 3. The highest BCUT2D eigenvalue weighted by molar-refractivity contribution is 8.13. The fraction of sp³-hybridized carbons (Fsp3) is 0.417. The maximum absolute atomic E-state index is 12.5. The summed E-state index contributed by atoms with van der Waals surface area (Å²) >= 11 is 1.73. The molecule has 2 rings (SSSR count). The van der Waals surface area contributed by atoms with Gasteiger partial charge in [-0.3, -0.25) is 18.9 Å². The Kier molecular flexibility index (Phi) is 6.81. The van der Waals surface area contributed by atoms with Crippen LogP contribution in [0.1, 0.15) is 5.69 Å². The molecule has 28 heavy (non-hydrogen) atoms. The maximum Gasteiger partial charge on any atom is 0.362 e. The van der Waals surface area contributed by atoms with Crippen LogP contribution in [0.4, 0.5) is 9.93 Å². The third kappa shape index (κ3) is 4.70. The van der Waals surface area contributed by atoms with Gasteiger partial charge in [-0.05, 0) is 0 Å². The van der Waals surface area contributed by atoms with Crippen LogP contribution in [0.25, 0.3) is 0 Å². The molecule has 0 radical (unpaired) electrons. The summed E-state index contributed by atoms with van der Waals surface area (Å²) in [4.78, 5) is 44.6. The lowest BCUT2D eigenvalue weighted by Crippen LogP contribution is -2.73. The number of hydrogen-bond acceptors (Lipinski definition) is 11. The molecule has 0 spiro atoms. The lowest BCUT2D eigenvalue weighted by atomic mass is 10.0. The number of rotatable bonds is 7. The Morgan fingerprint density at radius 3 is 2.71 bits per heavy atom. The highest BCUT2D eigenvalue weighted by Gasteiger charge is 2.54. The van der Waals surface area contributed by atoms with Crippen LogP contribution in [0.5, 0.6) is 0 Å². The van der Waals surface area contributed by atoms with Crippen LogP contribution in [0.15, 0.2) is 10.5 Å². The molecule has 154 valence electrons. The van der Waals surface area contributed by atoms with Crippen LogP contribution in [0, 0.1) is 0 Å². The molecule has 0 saturated carbocycles. The minimum Gasteiger partial charge on any atom is -0.398 e. The molecule has 0 bridgehead atoms. The fourth-order valence-corrected chi connectivity index (χ4v) is 4.59. The number of nitrogen functional groups attached to an aromatic ring is 1. The minimum atomic E-state index is -4.86. The number of carbonyl (C=O) groups excluding carboxylic acids is 3. The third-order valence-corrected chi connectivity index (χ3v) is 6.05. The summed E-state index contributed by atoms with van der Waals surface area (Å²) in [7, 11) is -2.30. The minimum absolute atomic E-state index is 0.0940.